The van der Waals surface area contributed by atoms with Gasteiger partial charge in [-0.2, -0.15) is 0 Å². The van der Waals surface area contributed by atoms with E-state index in [2.05, 4.69) is 49.9 Å². The topological polar surface area (TPSA) is 29.3 Å². The van der Waals surface area contributed by atoms with Gasteiger partial charge >= 0.3 is 0 Å². The Kier molecular flexibility index (Phi) is 3.55. The molecule has 2 rings (SSSR count). The molecule has 0 spiro atoms. The SMILES string of the molecule is Cc1ccc(CN2CCC(CN)C2(C)C)cc1. The number of nitrogens with zero attached hydrogens (tertiary/aromatic N) is 1. The highest BCUT2D eigenvalue weighted by molar-refractivity contribution is 5.21. The summed E-state index contributed by atoms with van der Waals surface area (Å²) >= 11 is 0. The average Bonchev–Trinajstić information content (AvgIpc) is 2.57. The van der Waals surface area contributed by atoms with Gasteiger partial charge in [-0.1, -0.05) is 29.8 Å². The van der Waals surface area contributed by atoms with Gasteiger partial charge in [-0.25, -0.2) is 0 Å². The molecular weight excluding hydrogens is 208 g/mol. The Morgan fingerprint density at radius 2 is 1.94 bits per heavy atom. The molecule has 0 radical (unpaired) electrons. The largest absolute Gasteiger partial charge is 0.330 e. The van der Waals surface area contributed by atoms with Gasteiger partial charge in [-0.15, -0.1) is 0 Å². The van der Waals surface area contributed by atoms with Crippen LogP contribution in [0.1, 0.15) is 31.4 Å². The number of aryl methyl sites for hydroxylation is 1. The molecule has 94 valence electrons. The fourth-order valence-corrected chi connectivity index (χ4v) is 2.81. The fourth-order valence-electron chi connectivity index (χ4n) is 2.81. The number of rotatable bonds is 3. The van der Waals surface area contributed by atoms with Crippen LogP contribution in [-0.2, 0) is 6.54 Å². The van der Waals surface area contributed by atoms with E-state index in [1.54, 1.807) is 0 Å². The fraction of sp³-hybridized carbons (Fsp3) is 0.600. The average molecular weight is 232 g/mol. The lowest BCUT2D eigenvalue weighted by Crippen LogP contribution is -2.44. The molecule has 0 bridgehead atoms. The zero-order valence-corrected chi connectivity index (χ0v) is 11.2. The molecule has 1 fully saturated rings. The summed E-state index contributed by atoms with van der Waals surface area (Å²) in [6.07, 6.45) is 1.23. The first kappa shape index (κ1) is 12.6. The van der Waals surface area contributed by atoms with Crippen LogP contribution in [-0.4, -0.2) is 23.5 Å². The highest BCUT2D eigenvalue weighted by Crippen LogP contribution is 2.34. The molecule has 2 N–H and O–H groups in total. The number of hydrogen-bond donors (Lipinski definition) is 1. The molecule has 1 aliphatic rings. The summed E-state index contributed by atoms with van der Waals surface area (Å²) in [6.45, 7) is 9.80. The minimum Gasteiger partial charge on any atom is -0.330 e. The van der Waals surface area contributed by atoms with Gasteiger partial charge in [0.2, 0.25) is 0 Å². The van der Waals surface area contributed by atoms with Gasteiger partial charge in [-0.05, 0) is 51.8 Å². The van der Waals surface area contributed by atoms with Crippen molar-refractivity contribution in [2.24, 2.45) is 11.7 Å². The van der Waals surface area contributed by atoms with Gasteiger partial charge in [0, 0.05) is 12.1 Å². The Morgan fingerprint density at radius 1 is 1.29 bits per heavy atom. The summed E-state index contributed by atoms with van der Waals surface area (Å²) in [7, 11) is 0. The molecule has 1 aromatic carbocycles. The lowest BCUT2D eigenvalue weighted by atomic mass is 9.88. The van der Waals surface area contributed by atoms with Gasteiger partial charge in [0.25, 0.3) is 0 Å². The summed E-state index contributed by atoms with van der Waals surface area (Å²) in [6, 6.07) is 8.86. The second-order valence-electron chi connectivity index (χ2n) is 5.78. The Labute approximate surface area is 105 Å². The first-order chi connectivity index (χ1) is 8.04. The van der Waals surface area contributed by atoms with E-state index < -0.39 is 0 Å². The molecule has 2 heteroatoms. The molecule has 1 heterocycles. The second kappa shape index (κ2) is 4.79. The predicted octanol–water partition coefficient (Wildman–Crippen LogP) is 2.55. The third kappa shape index (κ3) is 2.53. The Bertz CT molecular complexity index is 367. The van der Waals surface area contributed by atoms with Crippen LogP contribution in [0, 0.1) is 12.8 Å². The molecule has 1 aromatic rings. The van der Waals surface area contributed by atoms with Gasteiger partial charge < -0.3 is 5.73 Å². The van der Waals surface area contributed by atoms with Gasteiger partial charge in [0.1, 0.15) is 0 Å². The van der Waals surface area contributed by atoms with Crippen LogP contribution < -0.4 is 5.73 Å². The highest BCUT2D eigenvalue weighted by Gasteiger charge is 2.39. The minimum atomic E-state index is 0.236. The van der Waals surface area contributed by atoms with Gasteiger partial charge in [0.15, 0.2) is 0 Å². The first-order valence-electron chi connectivity index (χ1n) is 6.54. The maximum atomic E-state index is 5.86. The summed E-state index contributed by atoms with van der Waals surface area (Å²) in [5.41, 5.74) is 8.83. The highest BCUT2D eigenvalue weighted by atomic mass is 15.2. The molecule has 2 nitrogen and oxygen atoms in total. The van der Waals surface area contributed by atoms with E-state index in [0.29, 0.717) is 5.92 Å². The van der Waals surface area contributed by atoms with E-state index >= 15 is 0 Å². The lowest BCUT2D eigenvalue weighted by Gasteiger charge is -2.35. The molecule has 1 unspecified atom stereocenters. The molecule has 0 saturated carbocycles. The van der Waals surface area contributed by atoms with E-state index in [0.717, 1.165) is 13.1 Å². The van der Waals surface area contributed by atoms with Crippen LogP contribution in [0.4, 0.5) is 0 Å². The van der Waals surface area contributed by atoms with Crippen molar-refractivity contribution in [1.29, 1.82) is 0 Å². The van der Waals surface area contributed by atoms with Gasteiger partial charge in [-0.3, -0.25) is 4.90 Å². The molecule has 0 aliphatic carbocycles. The van der Waals surface area contributed by atoms with E-state index in [1.807, 2.05) is 0 Å². The third-order valence-corrected chi connectivity index (χ3v) is 4.34. The lowest BCUT2D eigenvalue weighted by molar-refractivity contribution is 0.133. The number of likely N-dealkylation sites (tertiary alicyclic amines) is 1. The Morgan fingerprint density at radius 3 is 2.47 bits per heavy atom. The zero-order chi connectivity index (χ0) is 12.5. The number of benzene rings is 1. The monoisotopic (exact) mass is 232 g/mol. The van der Waals surface area contributed by atoms with Crippen LogP contribution in [0.15, 0.2) is 24.3 Å². The van der Waals surface area contributed by atoms with E-state index in [9.17, 15) is 0 Å². The van der Waals surface area contributed by atoms with Gasteiger partial charge in [0.05, 0.1) is 0 Å². The molecule has 1 atom stereocenters. The Balaban J connectivity index is 2.07. The van der Waals surface area contributed by atoms with Crippen LogP contribution >= 0.6 is 0 Å². The first-order valence-corrected chi connectivity index (χ1v) is 6.54. The van der Waals surface area contributed by atoms with E-state index in [1.165, 1.54) is 24.1 Å². The maximum absolute atomic E-state index is 5.86. The summed E-state index contributed by atoms with van der Waals surface area (Å²) in [5, 5.41) is 0. The summed E-state index contributed by atoms with van der Waals surface area (Å²) < 4.78 is 0. The maximum Gasteiger partial charge on any atom is 0.0239 e. The van der Waals surface area contributed by atoms with Crippen molar-refractivity contribution in [3.05, 3.63) is 35.4 Å². The normalized spacial score (nSPS) is 24.1. The standard InChI is InChI=1S/C15H24N2/c1-12-4-6-13(7-5-12)11-17-9-8-14(10-16)15(17,2)3/h4-7,14H,8-11,16H2,1-3H3. The molecule has 1 saturated heterocycles. The molecule has 1 aliphatic heterocycles. The van der Waals surface area contributed by atoms with Crippen molar-refractivity contribution in [1.82, 2.24) is 4.90 Å². The number of nitrogens with two attached hydrogens (primary N) is 1. The quantitative estimate of drug-likeness (QED) is 0.868. The molecular formula is C15H24N2. The van der Waals surface area contributed by atoms with Crippen molar-refractivity contribution in [3.8, 4) is 0 Å². The smallest absolute Gasteiger partial charge is 0.0239 e. The summed E-state index contributed by atoms with van der Waals surface area (Å²) in [5.74, 6) is 0.632. The van der Waals surface area contributed by atoms with Crippen LogP contribution in [0.25, 0.3) is 0 Å². The van der Waals surface area contributed by atoms with E-state index in [-0.39, 0.29) is 5.54 Å². The van der Waals surface area contributed by atoms with Crippen LogP contribution in [0.2, 0.25) is 0 Å². The second-order valence-corrected chi connectivity index (χ2v) is 5.78. The summed E-state index contributed by atoms with van der Waals surface area (Å²) in [4.78, 5) is 2.56. The Hall–Kier alpha value is -0.860. The third-order valence-electron chi connectivity index (χ3n) is 4.34. The predicted molar refractivity (Wildman–Crippen MR) is 72.8 cm³/mol. The van der Waals surface area contributed by atoms with Crippen molar-refractivity contribution >= 4 is 0 Å². The van der Waals surface area contributed by atoms with Crippen LogP contribution in [0.5, 0.6) is 0 Å². The number of hydrogen-bond acceptors (Lipinski definition) is 2. The van der Waals surface area contributed by atoms with Crippen molar-refractivity contribution in [2.75, 3.05) is 13.1 Å². The molecule has 0 aromatic heterocycles. The molecule has 17 heavy (non-hydrogen) atoms. The minimum absolute atomic E-state index is 0.236. The van der Waals surface area contributed by atoms with E-state index in [4.69, 9.17) is 5.73 Å². The van der Waals surface area contributed by atoms with Crippen molar-refractivity contribution in [3.63, 3.8) is 0 Å². The molecule has 0 amide bonds. The van der Waals surface area contributed by atoms with Crippen molar-refractivity contribution < 1.29 is 0 Å². The van der Waals surface area contributed by atoms with Crippen molar-refractivity contribution in [2.45, 2.75) is 39.3 Å². The van der Waals surface area contributed by atoms with Crippen LogP contribution in [0.3, 0.4) is 0 Å². The zero-order valence-electron chi connectivity index (χ0n) is 11.2.